The molecule has 5 aromatic rings. The monoisotopic (exact) mass is 419 g/mol. The summed E-state index contributed by atoms with van der Waals surface area (Å²) in [5.41, 5.74) is 7.67. The lowest BCUT2D eigenvalue weighted by Crippen LogP contribution is -2.02. The maximum atomic E-state index is 12.0. The smallest absolute Gasteiger partial charge is 0.308 e. The largest absolute Gasteiger partial charge is 0.497 e. The number of rotatable bonds is 3. The molecule has 4 nitrogen and oxygen atoms in total. The van der Waals surface area contributed by atoms with Crippen molar-refractivity contribution in [1.82, 2.24) is 4.57 Å². The molecule has 0 spiro atoms. The fourth-order valence-electron chi connectivity index (χ4n) is 5.01. The minimum Gasteiger partial charge on any atom is -0.497 e. The minimum atomic E-state index is -0.323. The van der Waals surface area contributed by atoms with E-state index in [0.29, 0.717) is 5.75 Å². The molecule has 0 saturated carbocycles. The van der Waals surface area contributed by atoms with Crippen LogP contribution in [0.4, 0.5) is 0 Å². The number of esters is 1. The van der Waals surface area contributed by atoms with Gasteiger partial charge in [0.05, 0.1) is 23.7 Å². The van der Waals surface area contributed by atoms with Gasteiger partial charge in [-0.05, 0) is 65.2 Å². The van der Waals surface area contributed by atoms with Crippen LogP contribution in [-0.4, -0.2) is 17.6 Å². The molecule has 1 aliphatic carbocycles. The summed E-state index contributed by atoms with van der Waals surface area (Å²) in [4.78, 5) is 12.0. The van der Waals surface area contributed by atoms with Crippen molar-refractivity contribution >= 4 is 27.6 Å². The number of carbonyl (C=O) groups is 1. The van der Waals surface area contributed by atoms with E-state index < -0.39 is 0 Å². The predicted molar refractivity (Wildman–Crippen MR) is 128 cm³/mol. The predicted octanol–water partition coefficient (Wildman–Crippen LogP) is 6.67. The van der Waals surface area contributed by atoms with Crippen LogP contribution in [0.25, 0.3) is 49.7 Å². The van der Waals surface area contributed by atoms with Gasteiger partial charge < -0.3 is 14.0 Å². The van der Waals surface area contributed by atoms with E-state index in [1.807, 2.05) is 25.1 Å². The van der Waals surface area contributed by atoms with Crippen molar-refractivity contribution in [1.29, 1.82) is 0 Å². The highest BCUT2D eigenvalue weighted by molar-refractivity contribution is 6.23. The summed E-state index contributed by atoms with van der Waals surface area (Å²) in [7, 11) is 1.67. The number of hydrogen-bond donors (Lipinski definition) is 0. The number of hydrogen-bond acceptors (Lipinski definition) is 3. The summed E-state index contributed by atoms with van der Waals surface area (Å²) in [5.74, 6) is 1.08. The highest BCUT2D eigenvalue weighted by atomic mass is 16.5. The molecule has 156 valence electrons. The van der Waals surface area contributed by atoms with E-state index in [1.54, 1.807) is 7.11 Å². The van der Waals surface area contributed by atoms with E-state index in [4.69, 9.17) is 9.47 Å². The molecule has 1 aliphatic rings. The lowest BCUT2D eigenvalue weighted by Gasteiger charge is -2.13. The summed E-state index contributed by atoms with van der Waals surface area (Å²) >= 11 is 0. The lowest BCUT2D eigenvalue weighted by atomic mass is 10.0. The number of aryl methyl sites for hydroxylation is 1. The zero-order chi connectivity index (χ0) is 22.0. The van der Waals surface area contributed by atoms with Crippen LogP contribution >= 0.6 is 0 Å². The number of ether oxygens (including phenoxy) is 2. The Bertz CT molecular complexity index is 1550. The average Bonchev–Trinajstić information content (AvgIpc) is 3.28. The first-order valence-corrected chi connectivity index (χ1v) is 10.6. The Morgan fingerprint density at radius 1 is 0.875 bits per heavy atom. The molecule has 6 rings (SSSR count). The van der Waals surface area contributed by atoms with Crippen molar-refractivity contribution in [2.75, 3.05) is 7.11 Å². The molecule has 0 fully saturated rings. The molecule has 0 aliphatic heterocycles. The molecule has 4 aromatic carbocycles. The van der Waals surface area contributed by atoms with Gasteiger partial charge in [0.1, 0.15) is 11.5 Å². The SMILES string of the molecule is COc1ccc(-n2c3c(c4c(OC(C)=O)cc(C)cc42)-c2cccc4cccc-3c24)cc1. The molecule has 0 radical (unpaired) electrons. The summed E-state index contributed by atoms with van der Waals surface area (Å²) in [6.07, 6.45) is 0. The Morgan fingerprint density at radius 3 is 2.28 bits per heavy atom. The van der Waals surface area contributed by atoms with Crippen LogP contribution in [0.15, 0.2) is 72.8 Å². The van der Waals surface area contributed by atoms with Crippen molar-refractivity contribution in [3.8, 4) is 39.6 Å². The third kappa shape index (κ3) is 2.53. The van der Waals surface area contributed by atoms with Crippen LogP contribution in [-0.2, 0) is 4.79 Å². The zero-order valence-corrected chi connectivity index (χ0v) is 18.1. The van der Waals surface area contributed by atoms with Crippen molar-refractivity contribution in [2.24, 2.45) is 0 Å². The van der Waals surface area contributed by atoms with E-state index in [2.05, 4.69) is 59.2 Å². The van der Waals surface area contributed by atoms with Gasteiger partial charge in [0.2, 0.25) is 0 Å². The topological polar surface area (TPSA) is 40.5 Å². The Morgan fingerprint density at radius 2 is 1.59 bits per heavy atom. The van der Waals surface area contributed by atoms with Crippen molar-refractivity contribution in [3.63, 3.8) is 0 Å². The standard InChI is InChI=1S/C28H21NO3/c1-16-14-23-27(24(15-16)32-17(2)30)26-21-8-4-6-18-7-5-9-22(25(18)21)28(26)29(23)19-10-12-20(31-3)13-11-19/h4-15H,1-3H3. The van der Waals surface area contributed by atoms with Gasteiger partial charge in [-0.1, -0.05) is 36.4 Å². The van der Waals surface area contributed by atoms with E-state index in [0.717, 1.165) is 39.2 Å². The van der Waals surface area contributed by atoms with Gasteiger partial charge >= 0.3 is 5.97 Å². The second-order valence-corrected chi connectivity index (χ2v) is 8.22. The molecule has 0 bridgehead atoms. The Kier molecular flexibility index (Phi) is 3.93. The van der Waals surface area contributed by atoms with Crippen molar-refractivity contribution in [2.45, 2.75) is 13.8 Å². The first-order valence-electron chi connectivity index (χ1n) is 10.6. The normalized spacial score (nSPS) is 11.7. The summed E-state index contributed by atoms with van der Waals surface area (Å²) in [6, 6.07) is 25.0. The number of methoxy groups -OCH3 is 1. The van der Waals surface area contributed by atoms with Gasteiger partial charge in [-0.25, -0.2) is 0 Å². The van der Waals surface area contributed by atoms with Gasteiger partial charge in [0.25, 0.3) is 0 Å². The first-order chi connectivity index (χ1) is 15.6. The van der Waals surface area contributed by atoms with Crippen molar-refractivity contribution in [3.05, 3.63) is 78.4 Å². The van der Waals surface area contributed by atoms with Gasteiger partial charge in [0, 0.05) is 23.7 Å². The third-order valence-electron chi connectivity index (χ3n) is 6.19. The Hall–Kier alpha value is -4.05. The van der Waals surface area contributed by atoms with Crippen LogP contribution in [0.3, 0.4) is 0 Å². The number of benzene rings is 4. The van der Waals surface area contributed by atoms with E-state index in [9.17, 15) is 4.79 Å². The molecule has 0 saturated heterocycles. The second kappa shape index (κ2) is 6.72. The van der Waals surface area contributed by atoms with Gasteiger partial charge in [-0.2, -0.15) is 0 Å². The molecule has 0 N–H and O–H groups in total. The molecular weight excluding hydrogens is 398 g/mol. The highest BCUT2D eigenvalue weighted by Crippen LogP contribution is 2.54. The maximum absolute atomic E-state index is 12.0. The van der Waals surface area contributed by atoms with E-state index in [1.165, 1.54) is 28.8 Å². The summed E-state index contributed by atoms with van der Waals surface area (Å²) in [6.45, 7) is 3.47. The molecule has 0 atom stereocenters. The van der Waals surface area contributed by atoms with Gasteiger partial charge in [0.15, 0.2) is 0 Å². The van der Waals surface area contributed by atoms with E-state index >= 15 is 0 Å². The highest BCUT2D eigenvalue weighted by Gasteiger charge is 2.31. The fourth-order valence-corrected chi connectivity index (χ4v) is 5.01. The minimum absolute atomic E-state index is 0.323. The molecule has 1 aromatic heterocycles. The first kappa shape index (κ1) is 18.7. The third-order valence-corrected chi connectivity index (χ3v) is 6.19. The van der Waals surface area contributed by atoms with Gasteiger partial charge in [-0.3, -0.25) is 4.79 Å². The van der Waals surface area contributed by atoms with Crippen LogP contribution in [0.5, 0.6) is 11.5 Å². The Balaban J connectivity index is 1.80. The van der Waals surface area contributed by atoms with Crippen LogP contribution < -0.4 is 9.47 Å². The lowest BCUT2D eigenvalue weighted by molar-refractivity contribution is -0.131. The summed E-state index contributed by atoms with van der Waals surface area (Å²) in [5, 5.41) is 3.39. The number of fused-ring (bicyclic) bond motifs is 5. The molecule has 4 heteroatoms. The van der Waals surface area contributed by atoms with Crippen molar-refractivity contribution < 1.29 is 14.3 Å². The quantitative estimate of drug-likeness (QED) is 0.237. The average molecular weight is 419 g/mol. The van der Waals surface area contributed by atoms with Crippen LogP contribution in [0.2, 0.25) is 0 Å². The molecule has 0 unspecified atom stereocenters. The van der Waals surface area contributed by atoms with Crippen LogP contribution in [0.1, 0.15) is 12.5 Å². The maximum Gasteiger partial charge on any atom is 0.308 e. The number of nitrogens with zero attached hydrogens (tertiary/aromatic N) is 1. The number of carbonyl (C=O) groups excluding carboxylic acids is 1. The Labute approximate surface area is 185 Å². The molecular formula is C28H21NO3. The fraction of sp³-hybridized carbons (Fsp3) is 0.107. The second-order valence-electron chi connectivity index (χ2n) is 8.22. The zero-order valence-electron chi connectivity index (χ0n) is 18.1. The summed E-state index contributed by atoms with van der Waals surface area (Å²) < 4.78 is 13.4. The molecule has 1 heterocycles. The van der Waals surface area contributed by atoms with E-state index in [-0.39, 0.29) is 5.97 Å². The van der Waals surface area contributed by atoms with Gasteiger partial charge in [-0.15, -0.1) is 0 Å². The molecule has 32 heavy (non-hydrogen) atoms. The van der Waals surface area contributed by atoms with Crippen LogP contribution in [0, 0.1) is 6.92 Å². The molecule has 0 amide bonds. The number of aromatic nitrogens is 1.